The summed E-state index contributed by atoms with van der Waals surface area (Å²) < 4.78 is 4.71. The van der Waals surface area contributed by atoms with Crippen LogP contribution in [0.25, 0.3) is 0 Å². The van der Waals surface area contributed by atoms with Gasteiger partial charge in [-0.2, -0.15) is 0 Å². The molecule has 0 radical (unpaired) electrons. The Balaban J connectivity index is 1.46. The van der Waals surface area contributed by atoms with Crippen LogP contribution in [0.3, 0.4) is 0 Å². The van der Waals surface area contributed by atoms with Gasteiger partial charge >= 0.3 is 5.97 Å². The number of likely N-dealkylation sites (tertiary alicyclic amines) is 1. The Morgan fingerprint density at radius 1 is 1.11 bits per heavy atom. The lowest BCUT2D eigenvalue weighted by Crippen LogP contribution is -2.34. The minimum Gasteiger partial charge on any atom is -0.465 e. The van der Waals surface area contributed by atoms with Crippen LogP contribution >= 0.6 is 0 Å². The van der Waals surface area contributed by atoms with Crippen LogP contribution in [0.4, 0.5) is 0 Å². The molecule has 1 aliphatic heterocycles. The second kappa shape index (κ2) is 9.51. The Labute approximate surface area is 166 Å². The zero-order valence-electron chi connectivity index (χ0n) is 16.6. The third kappa shape index (κ3) is 5.20. The first-order valence-corrected chi connectivity index (χ1v) is 9.80. The maximum Gasteiger partial charge on any atom is 0.337 e. The number of ether oxygens (including phenoxy) is 1. The van der Waals surface area contributed by atoms with Gasteiger partial charge in [0.25, 0.3) is 0 Å². The van der Waals surface area contributed by atoms with Crippen LogP contribution in [0.2, 0.25) is 0 Å². The molecule has 2 aromatic rings. The van der Waals surface area contributed by atoms with Gasteiger partial charge in [-0.1, -0.05) is 42.0 Å². The number of amides is 1. The standard InChI is InChI=1S/C23H28N2O3/c1-17-3-5-19(6-4-17)16-25-21(11-12-22(25)26)13-14-24-15-18-7-9-20(10-8-18)23(27)28-2/h3-10,21,24H,11-16H2,1-2H3/t21-/m0/s1. The Hall–Kier alpha value is -2.66. The molecule has 2 aromatic carbocycles. The van der Waals surface area contributed by atoms with Crippen molar-refractivity contribution in [2.75, 3.05) is 13.7 Å². The lowest BCUT2D eigenvalue weighted by molar-refractivity contribution is -0.129. The molecule has 0 aliphatic carbocycles. The fraction of sp³-hybridized carbons (Fsp3) is 0.391. The molecule has 1 heterocycles. The van der Waals surface area contributed by atoms with E-state index >= 15 is 0 Å². The van der Waals surface area contributed by atoms with Crippen molar-refractivity contribution in [2.24, 2.45) is 0 Å². The summed E-state index contributed by atoms with van der Waals surface area (Å²) in [7, 11) is 1.38. The van der Waals surface area contributed by atoms with Gasteiger partial charge in [-0.05, 0) is 49.6 Å². The van der Waals surface area contributed by atoms with E-state index in [2.05, 4.69) is 36.5 Å². The van der Waals surface area contributed by atoms with Crippen LogP contribution in [-0.4, -0.2) is 36.5 Å². The normalized spacial score (nSPS) is 16.4. The summed E-state index contributed by atoms with van der Waals surface area (Å²) in [4.78, 5) is 25.8. The fourth-order valence-corrected chi connectivity index (χ4v) is 3.58. The molecule has 1 saturated heterocycles. The Kier molecular flexibility index (Phi) is 6.82. The Bertz CT molecular complexity index is 800. The van der Waals surface area contributed by atoms with Crippen molar-refractivity contribution in [1.82, 2.24) is 10.2 Å². The number of hydrogen-bond donors (Lipinski definition) is 1. The lowest BCUT2D eigenvalue weighted by Gasteiger charge is -2.25. The van der Waals surface area contributed by atoms with Gasteiger partial charge in [0.15, 0.2) is 0 Å². The second-order valence-electron chi connectivity index (χ2n) is 7.35. The third-order valence-electron chi connectivity index (χ3n) is 5.28. The van der Waals surface area contributed by atoms with Crippen molar-refractivity contribution in [3.8, 4) is 0 Å². The predicted octanol–water partition coefficient (Wildman–Crippen LogP) is 3.45. The Morgan fingerprint density at radius 3 is 2.46 bits per heavy atom. The molecule has 148 valence electrons. The number of carbonyl (C=O) groups is 2. The summed E-state index contributed by atoms with van der Waals surface area (Å²) in [5, 5.41) is 3.44. The van der Waals surface area contributed by atoms with Gasteiger partial charge in [0, 0.05) is 25.6 Å². The molecule has 1 fully saturated rings. The van der Waals surface area contributed by atoms with E-state index in [4.69, 9.17) is 4.74 Å². The van der Waals surface area contributed by atoms with Crippen LogP contribution in [-0.2, 0) is 22.6 Å². The molecule has 3 rings (SSSR count). The third-order valence-corrected chi connectivity index (χ3v) is 5.28. The summed E-state index contributed by atoms with van der Waals surface area (Å²) in [6.07, 6.45) is 2.52. The number of methoxy groups -OCH3 is 1. The predicted molar refractivity (Wildman–Crippen MR) is 109 cm³/mol. The smallest absolute Gasteiger partial charge is 0.337 e. The lowest BCUT2D eigenvalue weighted by atomic mass is 10.1. The molecule has 1 N–H and O–H groups in total. The highest BCUT2D eigenvalue weighted by Crippen LogP contribution is 2.23. The van der Waals surface area contributed by atoms with E-state index in [0.29, 0.717) is 24.6 Å². The van der Waals surface area contributed by atoms with E-state index in [9.17, 15) is 9.59 Å². The highest BCUT2D eigenvalue weighted by Gasteiger charge is 2.30. The van der Waals surface area contributed by atoms with Crippen LogP contribution in [0.1, 0.15) is 46.3 Å². The Morgan fingerprint density at radius 2 is 1.79 bits per heavy atom. The molecule has 5 heteroatoms. The molecule has 1 amide bonds. The van der Waals surface area contributed by atoms with Crippen LogP contribution < -0.4 is 5.32 Å². The van der Waals surface area contributed by atoms with Crippen molar-refractivity contribution < 1.29 is 14.3 Å². The maximum atomic E-state index is 12.3. The highest BCUT2D eigenvalue weighted by molar-refractivity contribution is 5.89. The monoisotopic (exact) mass is 380 g/mol. The van der Waals surface area contributed by atoms with E-state index in [1.165, 1.54) is 18.2 Å². The molecule has 0 saturated carbocycles. The van der Waals surface area contributed by atoms with E-state index in [-0.39, 0.29) is 11.9 Å². The number of carbonyl (C=O) groups excluding carboxylic acids is 2. The van der Waals surface area contributed by atoms with Crippen molar-refractivity contribution in [3.05, 3.63) is 70.8 Å². The number of benzene rings is 2. The van der Waals surface area contributed by atoms with Gasteiger partial charge in [0.2, 0.25) is 5.91 Å². The first-order valence-electron chi connectivity index (χ1n) is 9.80. The number of nitrogens with zero attached hydrogens (tertiary/aromatic N) is 1. The molecule has 0 unspecified atom stereocenters. The zero-order valence-corrected chi connectivity index (χ0v) is 16.6. The maximum absolute atomic E-state index is 12.3. The topological polar surface area (TPSA) is 58.6 Å². The second-order valence-corrected chi connectivity index (χ2v) is 7.35. The SMILES string of the molecule is COC(=O)c1ccc(CNCC[C@@H]2CCC(=O)N2Cc2ccc(C)cc2)cc1. The van der Waals surface area contributed by atoms with E-state index < -0.39 is 0 Å². The number of aryl methyl sites for hydroxylation is 1. The van der Waals surface area contributed by atoms with Gasteiger partial charge in [-0.25, -0.2) is 4.79 Å². The van der Waals surface area contributed by atoms with Gasteiger partial charge in [0.1, 0.15) is 0 Å². The van der Waals surface area contributed by atoms with Crippen molar-refractivity contribution in [2.45, 2.75) is 45.3 Å². The van der Waals surface area contributed by atoms with Crippen molar-refractivity contribution >= 4 is 11.9 Å². The number of nitrogens with one attached hydrogen (secondary N) is 1. The molecule has 0 aromatic heterocycles. The molecule has 1 atom stereocenters. The number of rotatable bonds is 8. The summed E-state index contributed by atoms with van der Waals surface area (Å²) in [6.45, 7) is 4.35. The van der Waals surface area contributed by atoms with E-state index in [1.807, 2.05) is 17.0 Å². The minimum atomic E-state index is -0.320. The molecule has 0 spiro atoms. The molecule has 5 nitrogen and oxygen atoms in total. The first-order chi connectivity index (χ1) is 13.6. The van der Waals surface area contributed by atoms with Crippen LogP contribution in [0, 0.1) is 6.92 Å². The average molecular weight is 380 g/mol. The summed E-state index contributed by atoms with van der Waals surface area (Å²) >= 11 is 0. The van der Waals surface area contributed by atoms with Gasteiger partial charge in [-0.15, -0.1) is 0 Å². The van der Waals surface area contributed by atoms with E-state index in [0.717, 1.165) is 31.5 Å². The average Bonchev–Trinajstić information content (AvgIpc) is 3.06. The zero-order chi connectivity index (χ0) is 19.9. The summed E-state index contributed by atoms with van der Waals surface area (Å²) in [6, 6.07) is 16.1. The molecular formula is C23H28N2O3. The summed E-state index contributed by atoms with van der Waals surface area (Å²) in [5.41, 5.74) is 4.09. The quantitative estimate of drug-likeness (QED) is 0.563. The number of esters is 1. The molecule has 28 heavy (non-hydrogen) atoms. The first kappa shape index (κ1) is 20.1. The van der Waals surface area contributed by atoms with Crippen molar-refractivity contribution in [1.29, 1.82) is 0 Å². The van der Waals surface area contributed by atoms with Gasteiger partial charge in [0.05, 0.1) is 12.7 Å². The highest BCUT2D eigenvalue weighted by atomic mass is 16.5. The van der Waals surface area contributed by atoms with Gasteiger partial charge < -0.3 is 15.0 Å². The van der Waals surface area contributed by atoms with Gasteiger partial charge in [-0.3, -0.25) is 4.79 Å². The number of hydrogen-bond acceptors (Lipinski definition) is 4. The molecular weight excluding hydrogens is 352 g/mol. The minimum absolute atomic E-state index is 0.254. The summed E-state index contributed by atoms with van der Waals surface area (Å²) in [5.74, 6) is -0.0666. The van der Waals surface area contributed by atoms with Crippen LogP contribution in [0.5, 0.6) is 0 Å². The van der Waals surface area contributed by atoms with Crippen LogP contribution in [0.15, 0.2) is 48.5 Å². The molecule has 0 bridgehead atoms. The largest absolute Gasteiger partial charge is 0.465 e. The molecule has 1 aliphatic rings. The fourth-order valence-electron chi connectivity index (χ4n) is 3.58. The van der Waals surface area contributed by atoms with E-state index in [1.54, 1.807) is 12.1 Å². The van der Waals surface area contributed by atoms with Crippen molar-refractivity contribution in [3.63, 3.8) is 0 Å².